The van der Waals surface area contributed by atoms with Gasteiger partial charge in [-0.3, -0.25) is 4.79 Å². The number of hydrogen-bond acceptors (Lipinski definition) is 3. The third kappa shape index (κ3) is 3.34. The first-order valence-corrected chi connectivity index (χ1v) is 7.64. The van der Waals surface area contributed by atoms with Gasteiger partial charge < -0.3 is 15.2 Å². The second kappa shape index (κ2) is 6.52. The van der Waals surface area contributed by atoms with E-state index in [0.717, 1.165) is 16.6 Å². The zero-order chi connectivity index (χ0) is 16.2. The van der Waals surface area contributed by atoms with Gasteiger partial charge in [-0.25, -0.2) is 4.98 Å². The van der Waals surface area contributed by atoms with Crippen LogP contribution in [-0.4, -0.2) is 34.0 Å². The number of aromatic nitrogens is 2. The number of anilines is 1. The predicted molar refractivity (Wildman–Crippen MR) is 91.9 cm³/mol. The number of nitrogens with zero attached hydrogens (tertiary/aromatic N) is 3. The van der Waals surface area contributed by atoms with E-state index in [0.29, 0.717) is 25.5 Å². The molecule has 0 saturated heterocycles. The molecule has 23 heavy (non-hydrogen) atoms. The molecule has 2 N–H and O–H groups in total. The minimum absolute atomic E-state index is 0.0965. The number of hydrogen-bond donors (Lipinski definition) is 1. The monoisotopic (exact) mass is 308 g/mol. The molecule has 0 saturated carbocycles. The Bertz CT molecular complexity index is 810. The zero-order valence-corrected chi connectivity index (χ0v) is 13.1. The number of fused-ring (bicyclic) bond motifs is 1. The van der Waals surface area contributed by atoms with E-state index in [1.165, 1.54) is 0 Å². The highest BCUT2D eigenvalue weighted by Gasteiger charge is 2.12. The number of rotatable bonds is 5. The topological polar surface area (TPSA) is 64.2 Å². The minimum Gasteiger partial charge on any atom is -0.369 e. The standard InChI is InChI=1S/C18H20N4O/c1-21(17(23)13-14-7-3-2-4-8-14)11-12-22-16-10-6-5-9-15(16)20-18(22)19/h2-10H,11-13H2,1H3,(H2,19,20). The highest BCUT2D eigenvalue weighted by atomic mass is 16.2. The van der Waals surface area contributed by atoms with Crippen LogP contribution in [0.5, 0.6) is 0 Å². The summed E-state index contributed by atoms with van der Waals surface area (Å²) in [5, 5.41) is 0. The average molecular weight is 308 g/mol. The number of imidazole rings is 1. The summed E-state index contributed by atoms with van der Waals surface area (Å²) in [6.45, 7) is 1.22. The second-order valence-corrected chi connectivity index (χ2v) is 5.59. The summed E-state index contributed by atoms with van der Waals surface area (Å²) in [6.07, 6.45) is 0.414. The van der Waals surface area contributed by atoms with Crippen molar-refractivity contribution in [3.63, 3.8) is 0 Å². The first-order chi connectivity index (χ1) is 11.1. The fourth-order valence-corrected chi connectivity index (χ4v) is 2.61. The Morgan fingerprint density at radius 1 is 1.13 bits per heavy atom. The lowest BCUT2D eigenvalue weighted by Gasteiger charge is -2.18. The molecule has 0 aliphatic heterocycles. The molecule has 0 bridgehead atoms. The number of likely N-dealkylation sites (N-methyl/N-ethyl adjacent to an activating group) is 1. The van der Waals surface area contributed by atoms with Gasteiger partial charge in [-0.15, -0.1) is 0 Å². The molecule has 5 nitrogen and oxygen atoms in total. The van der Waals surface area contributed by atoms with Crippen LogP contribution in [0.25, 0.3) is 11.0 Å². The maximum Gasteiger partial charge on any atom is 0.226 e. The molecule has 3 aromatic rings. The minimum atomic E-state index is 0.0965. The van der Waals surface area contributed by atoms with Crippen LogP contribution < -0.4 is 5.73 Å². The van der Waals surface area contributed by atoms with Crippen molar-refractivity contribution in [1.29, 1.82) is 0 Å². The number of carbonyl (C=O) groups is 1. The third-order valence-electron chi connectivity index (χ3n) is 3.97. The Hall–Kier alpha value is -2.82. The molecule has 1 aromatic heterocycles. The first-order valence-electron chi connectivity index (χ1n) is 7.64. The second-order valence-electron chi connectivity index (χ2n) is 5.59. The van der Waals surface area contributed by atoms with Crippen LogP contribution in [0.3, 0.4) is 0 Å². The highest BCUT2D eigenvalue weighted by molar-refractivity contribution is 5.79. The molecule has 5 heteroatoms. The summed E-state index contributed by atoms with van der Waals surface area (Å²) in [6, 6.07) is 17.6. The quantitative estimate of drug-likeness (QED) is 0.786. The maximum atomic E-state index is 12.3. The van der Waals surface area contributed by atoms with Gasteiger partial charge in [0.2, 0.25) is 11.9 Å². The molecule has 0 aliphatic rings. The highest BCUT2D eigenvalue weighted by Crippen LogP contribution is 2.17. The Labute approximate surface area is 135 Å². The number of carbonyl (C=O) groups excluding carboxylic acids is 1. The van der Waals surface area contributed by atoms with Gasteiger partial charge in [0.15, 0.2) is 0 Å². The van der Waals surface area contributed by atoms with Crippen molar-refractivity contribution in [1.82, 2.24) is 14.5 Å². The fraction of sp³-hybridized carbons (Fsp3) is 0.222. The van der Waals surface area contributed by atoms with Crippen molar-refractivity contribution in [2.24, 2.45) is 0 Å². The maximum absolute atomic E-state index is 12.3. The largest absolute Gasteiger partial charge is 0.369 e. The molecule has 3 rings (SSSR count). The number of para-hydroxylation sites is 2. The lowest BCUT2D eigenvalue weighted by Crippen LogP contribution is -2.31. The summed E-state index contributed by atoms with van der Waals surface area (Å²) in [7, 11) is 1.82. The van der Waals surface area contributed by atoms with Crippen molar-refractivity contribution in [2.45, 2.75) is 13.0 Å². The third-order valence-corrected chi connectivity index (χ3v) is 3.97. The van der Waals surface area contributed by atoms with Crippen molar-refractivity contribution in [3.05, 3.63) is 60.2 Å². The molecule has 1 heterocycles. The summed E-state index contributed by atoms with van der Waals surface area (Å²) in [5.41, 5.74) is 8.88. The van der Waals surface area contributed by atoms with Gasteiger partial charge in [-0.2, -0.15) is 0 Å². The Kier molecular flexibility index (Phi) is 4.28. The van der Waals surface area contributed by atoms with Crippen LogP contribution in [0.2, 0.25) is 0 Å². The molecule has 0 atom stereocenters. The number of benzene rings is 2. The number of nitrogen functional groups attached to an aromatic ring is 1. The van der Waals surface area contributed by atoms with Gasteiger partial charge in [-0.1, -0.05) is 42.5 Å². The van der Waals surface area contributed by atoms with Gasteiger partial charge in [-0.05, 0) is 17.7 Å². The molecular weight excluding hydrogens is 288 g/mol. The SMILES string of the molecule is CN(CCn1c(N)nc2ccccc21)C(=O)Cc1ccccc1. The van der Waals surface area contributed by atoms with Crippen LogP contribution >= 0.6 is 0 Å². The summed E-state index contributed by atoms with van der Waals surface area (Å²) in [4.78, 5) is 18.4. The Balaban J connectivity index is 1.65. The molecule has 0 aliphatic carbocycles. The zero-order valence-electron chi connectivity index (χ0n) is 13.1. The Morgan fingerprint density at radius 2 is 1.83 bits per heavy atom. The van der Waals surface area contributed by atoms with Crippen LogP contribution in [0.15, 0.2) is 54.6 Å². The molecular formula is C18H20N4O. The van der Waals surface area contributed by atoms with Gasteiger partial charge in [0, 0.05) is 20.1 Å². The van der Waals surface area contributed by atoms with E-state index in [9.17, 15) is 4.79 Å². The summed E-state index contributed by atoms with van der Waals surface area (Å²) in [5.74, 6) is 0.578. The molecule has 1 amide bonds. The number of amides is 1. The van der Waals surface area contributed by atoms with Crippen LogP contribution in [0.4, 0.5) is 5.95 Å². The molecule has 0 unspecified atom stereocenters. The predicted octanol–water partition coefficient (Wildman–Crippen LogP) is 2.32. The van der Waals surface area contributed by atoms with E-state index in [4.69, 9.17) is 5.73 Å². The van der Waals surface area contributed by atoms with Crippen molar-refractivity contribution >= 4 is 22.9 Å². The van der Waals surface area contributed by atoms with Gasteiger partial charge in [0.1, 0.15) is 0 Å². The van der Waals surface area contributed by atoms with E-state index < -0.39 is 0 Å². The smallest absolute Gasteiger partial charge is 0.226 e. The lowest BCUT2D eigenvalue weighted by atomic mass is 10.1. The summed E-state index contributed by atoms with van der Waals surface area (Å²) >= 11 is 0. The van der Waals surface area contributed by atoms with Gasteiger partial charge >= 0.3 is 0 Å². The van der Waals surface area contributed by atoms with Crippen molar-refractivity contribution in [3.8, 4) is 0 Å². The van der Waals surface area contributed by atoms with E-state index in [1.807, 2.05) is 66.2 Å². The fourth-order valence-electron chi connectivity index (χ4n) is 2.61. The average Bonchev–Trinajstić information content (AvgIpc) is 2.88. The van der Waals surface area contributed by atoms with Gasteiger partial charge in [0.25, 0.3) is 0 Å². The van der Waals surface area contributed by atoms with Crippen molar-refractivity contribution < 1.29 is 4.79 Å². The Morgan fingerprint density at radius 3 is 2.61 bits per heavy atom. The molecule has 0 spiro atoms. The van der Waals surface area contributed by atoms with E-state index in [2.05, 4.69) is 4.98 Å². The summed E-state index contributed by atoms with van der Waals surface area (Å²) < 4.78 is 1.95. The number of nitrogens with two attached hydrogens (primary N) is 1. The van der Waals surface area contributed by atoms with Crippen LogP contribution in [-0.2, 0) is 17.8 Å². The lowest BCUT2D eigenvalue weighted by molar-refractivity contribution is -0.129. The normalized spacial score (nSPS) is 10.8. The van der Waals surface area contributed by atoms with Crippen molar-refractivity contribution in [2.75, 3.05) is 19.3 Å². The van der Waals surface area contributed by atoms with E-state index in [1.54, 1.807) is 4.90 Å². The molecule has 118 valence electrons. The molecule has 0 fully saturated rings. The van der Waals surface area contributed by atoms with Gasteiger partial charge in [0.05, 0.1) is 17.5 Å². The molecule has 2 aromatic carbocycles. The van der Waals surface area contributed by atoms with Crippen LogP contribution in [0, 0.1) is 0 Å². The van der Waals surface area contributed by atoms with E-state index in [-0.39, 0.29) is 5.91 Å². The van der Waals surface area contributed by atoms with E-state index >= 15 is 0 Å². The molecule has 0 radical (unpaired) electrons. The van der Waals surface area contributed by atoms with Crippen LogP contribution in [0.1, 0.15) is 5.56 Å². The first kappa shape index (κ1) is 15.1.